The van der Waals surface area contributed by atoms with Crippen molar-refractivity contribution < 1.29 is 22.4 Å². The first-order chi connectivity index (χ1) is 12.4. The van der Waals surface area contributed by atoms with Crippen LogP contribution < -0.4 is 4.90 Å². The second-order valence-electron chi connectivity index (χ2n) is 5.81. The third-order valence-corrected chi connectivity index (χ3v) is 4.38. The minimum Gasteiger partial charge on any atom is -0.365 e. The normalized spacial score (nSPS) is 15.1. The quantitative estimate of drug-likeness (QED) is 0.583. The highest BCUT2D eigenvalue weighted by molar-refractivity contribution is 6.30. The lowest BCUT2D eigenvalue weighted by atomic mass is 10.2. The Hall–Kier alpha value is -2.35. The van der Waals surface area contributed by atoms with Crippen LogP contribution in [0.4, 0.5) is 23.2 Å². The van der Waals surface area contributed by atoms with Crippen molar-refractivity contribution in [2.45, 2.75) is 6.42 Å². The predicted molar refractivity (Wildman–Crippen MR) is 88.3 cm³/mol. The summed E-state index contributed by atoms with van der Waals surface area (Å²) >= 11 is 5.89. The SMILES string of the molecule is O=C(c1cccc(Cl)c1)N1CCCN(c2c(F)c(F)nc(F)c2F)CC1. The Balaban J connectivity index is 1.80. The second-order valence-corrected chi connectivity index (χ2v) is 6.25. The molecule has 0 N–H and O–H groups in total. The number of carbonyl (C=O) groups excluding carboxylic acids is 1. The van der Waals surface area contributed by atoms with Crippen LogP contribution in [0.1, 0.15) is 16.8 Å². The fraction of sp³-hybridized carbons (Fsp3) is 0.294. The summed E-state index contributed by atoms with van der Waals surface area (Å²) in [5, 5.41) is 0.416. The zero-order chi connectivity index (χ0) is 18.8. The van der Waals surface area contributed by atoms with Gasteiger partial charge in [-0.05, 0) is 24.6 Å². The average molecular weight is 388 g/mol. The molecular weight excluding hydrogens is 374 g/mol. The van der Waals surface area contributed by atoms with E-state index in [1.165, 1.54) is 15.9 Å². The fourth-order valence-corrected chi connectivity index (χ4v) is 3.09. The summed E-state index contributed by atoms with van der Waals surface area (Å²) in [5.41, 5.74) is -0.406. The van der Waals surface area contributed by atoms with Crippen molar-refractivity contribution in [1.82, 2.24) is 9.88 Å². The summed E-state index contributed by atoms with van der Waals surface area (Å²) < 4.78 is 54.6. The summed E-state index contributed by atoms with van der Waals surface area (Å²) in [6.07, 6.45) is 0.372. The first kappa shape index (κ1) is 18.4. The number of anilines is 1. The lowest BCUT2D eigenvalue weighted by molar-refractivity contribution is 0.0767. The molecular formula is C17H14ClF4N3O. The Morgan fingerprint density at radius 1 is 1.00 bits per heavy atom. The predicted octanol–water partition coefficient (Wildman–Crippen LogP) is 3.64. The van der Waals surface area contributed by atoms with Gasteiger partial charge in [-0.15, -0.1) is 0 Å². The van der Waals surface area contributed by atoms with E-state index >= 15 is 0 Å². The highest BCUT2D eigenvalue weighted by Gasteiger charge is 2.28. The van der Waals surface area contributed by atoms with Crippen LogP contribution in [-0.4, -0.2) is 42.0 Å². The van der Waals surface area contributed by atoms with Gasteiger partial charge in [0.1, 0.15) is 5.69 Å². The van der Waals surface area contributed by atoms with Gasteiger partial charge < -0.3 is 9.80 Å². The van der Waals surface area contributed by atoms with E-state index in [1.807, 2.05) is 0 Å². The Morgan fingerprint density at radius 3 is 2.35 bits per heavy atom. The second kappa shape index (κ2) is 7.49. The number of amides is 1. The molecule has 1 aromatic carbocycles. The van der Waals surface area contributed by atoms with E-state index in [2.05, 4.69) is 4.98 Å². The summed E-state index contributed by atoms with van der Waals surface area (Å²) in [6.45, 7) is 0.621. The highest BCUT2D eigenvalue weighted by Crippen LogP contribution is 2.27. The maximum atomic E-state index is 13.9. The minimum atomic E-state index is -1.70. The van der Waals surface area contributed by atoms with E-state index in [1.54, 1.807) is 18.2 Å². The minimum absolute atomic E-state index is 0.0169. The van der Waals surface area contributed by atoms with Crippen molar-refractivity contribution >= 4 is 23.2 Å². The zero-order valence-electron chi connectivity index (χ0n) is 13.5. The molecule has 1 fully saturated rings. The van der Waals surface area contributed by atoms with Gasteiger partial charge >= 0.3 is 0 Å². The van der Waals surface area contributed by atoms with Crippen LogP contribution >= 0.6 is 11.6 Å². The molecule has 1 aliphatic heterocycles. The van der Waals surface area contributed by atoms with Crippen molar-refractivity contribution in [1.29, 1.82) is 0 Å². The van der Waals surface area contributed by atoms with Gasteiger partial charge in [0, 0.05) is 36.8 Å². The lowest BCUT2D eigenvalue weighted by Gasteiger charge is -2.24. The smallest absolute Gasteiger partial charge is 0.253 e. The van der Waals surface area contributed by atoms with Gasteiger partial charge in [-0.25, -0.2) is 0 Å². The Bertz CT molecular complexity index is 823. The van der Waals surface area contributed by atoms with Crippen LogP contribution in [0.15, 0.2) is 24.3 Å². The molecule has 2 aromatic rings. The number of carbonyl (C=O) groups is 1. The molecule has 0 aliphatic carbocycles. The maximum absolute atomic E-state index is 13.9. The average Bonchev–Trinajstić information content (AvgIpc) is 2.86. The van der Waals surface area contributed by atoms with Crippen LogP contribution in [0, 0.1) is 23.5 Å². The lowest BCUT2D eigenvalue weighted by Crippen LogP contribution is -2.35. The molecule has 4 nitrogen and oxygen atoms in total. The Labute approximate surface area is 152 Å². The van der Waals surface area contributed by atoms with Crippen LogP contribution in [0.3, 0.4) is 0 Å². The summed E-state index contributed by atoms with van der Waals surface area (Å²) in [4.78, 5) is 17.8. The fourth-order valence-electron chi connectivity index (χ4n) is 2.90. The Kier molecular flexibility index (Phi) is 5.31. The number of pyridine rings is 1. The highest BCUT2D eigenvalue weighted by atomic mass is 35.5. The van der Waals surface area contributed by atoms with Crippen LogP contribution in [0.5, 0.6) is 0 Å². The maximum Gasteiger partial charge on any atom is 0.253 e. The molecule has 0 spiro atoms. The standard InChI is InChI=1S/C17H14ClF4N3O/c18-11-4-1-3-10(9-11)17(26)25-6-2-5-24(7-8-25)14-12(19)15(21)23-16(22)13(14)20/h1,3-4,9H,2,5-8H2. The van der Waals surface area contributed by atoms with Gasteiger partial charge in [-0.1, -0.05) is 17.7 Å². The molecule has 1 aromatic heterocycles. The number of hydrogen-bond donors (Lipinski definition) is 0. The molecule has 1 aliphatic rings. The Morgan fingerprint density at radius 2 is 1.69 bits per heavy atom. The van der Waals surface area contributed by atoms with E-state index in [4.69, 9.17) is 11.6 Å². The van der Waals surface area contributed by atoms with Crippen molar-refractivity contribution in [2.24, 2.45) is 0 Å². The zero-order valence-corrected chi connectivity index (χ0v) is 14.2. The van der Waals surface area contributed by atoms with Gasteiger partial charge in [-0.3, -0.25) is 4.79 Å². The van der Waals surface area contributed by atoms with Crippen molar-refractivity contribution in [2.75, 3.05) is 31.1 Å². The van der Waals surface area contributed by atoms with Gasteiger partial charge in [-0.2, -0.15) is 22.5 Å². The molecule has 3 rings (SSSR count). The van der Waals surface area contributed by atoms with Crippen LogP contribution in [0.25, 0.3) is 0 Å². The third kappa shape index (κ3) is 3.60. The summed E-state index contributed by atoms with van der Waals surface area (Å²) in [5.74, 6) is -6.76. The van der Waals surface area contributed by atoms with Gasteiger partial charge in [0.05, 0.1) is 0 Å². The number of nitrogens with zero attached hydrogens (tertiary/aromatic N) is 3. The van der Waals surface area contributed by atoms with Crippen molar-refractivity contribution in [3.63, 3.8) is 0 Å². The van der Waals surface area contributed by atoms with Crippen molar-refractivity contribution in [3.8, 4) is 0 Å². The van der Waals surface area contributed by atoms with E-state index in [0.29, 0.717) is 23.6 Å². The van der Waals surface area contributed by atoms with Gasteiger partial charge in [0.25, 0.3) is 17.8 Å². The van der Waals surface area contributed by atoms with E-state index in [9.17, 15) is 22.4 Å². The first-order valence-electron chi connectivity index (χ1n) is 7.88. The van der Waals surface area contributed by atoms with Crippen LogP contribution in [-0.2, 0) is 0 Å². The number of hydrogen-bond acceptors (Lipinski definition) is 3. The number of rotatable bonds is 2. The van der Waals surface area contributed by atoms with Gasteiger partial charge in [0.15, 0.2) is 0 Å². The molecule has 1 amide bonds. The third-order valence-electron chi connectivity index (χ3n) is 4.15. The number of halogens is 5. The number of benzene rings is 1. The molecule has 0 bridgehead atoms. The largest absolute Gasteiger partial charge is 0.365 e. The molecule has 0 atom stereocenters. The molecule has 138 valence electrons. The molecule has 26 heavy (non-hydrogen) atoms. The first-order valence-corrected chi connectivity index (χ1v) is 8.26. The topological polar surface area (TPSA) is 36.4 Å². The summed E-state index contributed by atoms with van der Waals surface area (Å²) in [6, 6.07) is 6.43. The molecule has 0 unspecified atom stereocenters. The summed E-state index contributed by atoms with van der Waals surface area (Å²) in [7, 11) is 0. The molecule has 0 radical (unpaired) electrons. The van der Waals surface area contributed by atoms with Crippen molar-refractivity contribution in [3.05, 3.63) is 58.4 Å². The van der Waals surface area contributed by atoms with Gasteiger partial charge in [0.2, 0.25) is 11.6 Å². The van der Waals surface area contributed by atoms with E-state index < -0.39 is 29.2 Å². The van der Waals surface area contributed by atoms with Crippen LogP contribution in [0.2, 0.25) is 5.02 Å². The molecule has 0 saturated carbocycles. The monoisotopic (exact) mass is 387 g/mol. The molecule has 1 saturated heterocycles. The molecule has 9 heteroatoms. The van der Waals surface area contributed by atoms with E-state index in [-0.39, 0.29) is 25.5 Å². The number of aromatic nitrogens is 1. The molecule has 2 heterocycles. The van der Waals surface area contributed by atoms with E-state index in [0.717, 1.165) is 0 Å².